The van der Waals surface area contributed by atoms with Gasteiger partial charge in [-0.1, -0.05) is 24.3 Å². The molecule has 6 heteroatoms. The first-order valence-electron chi connectivity index (χ1n) is 7.06. The summed E-state index contributed by atoms with van der Waals surface area (Å²) < 4.78 is 16.6. The fourth-order valence-electron chi connectivity index (χ4n) is 2.01. The first-order valence-corrected chi connectivity index (χ1v) is 7.85. The van der Waals surface area contributed by atoms with E-state index in [-0.39, 0.29) is 12.4 Å². The van der Waals surface area contributed by atoms with E-state index < -0.39 is 5.97 Å². The SMILES string of the molecule is COCOc1cc(OC)c(Br)cc1C=Cc1ccc(C(=O)O)cc1. The van der Waals surface area contributed by atoms with Gasteiger partial charge in [-0.3, -0.25) is 0 Å². The largest absolute Gasteiger partial charge is 0.495 e. The lowest BCUT2D eigenvalue weighted by Crippen LogP contribution is -2.01. The molecule has 0 saturated carbocycles. The van der Waals surface area contributed by atoms with Crippen molar-refractivity contribution >= 4 is 34.1 Å². The molecule has 0 fully saturated rings. The minimum absolute atomic E-state index is 0.124. The summed E-state index contributed by atoms with van der Waals surface area (Å²) in [6, 6.07) is 10.3. The quantitative estimate of drug-likeness (QED) is 0.561. The Hall–Kier alpha value is -2.31. The number of hydrogen-bond donors (Lipinski definition) is 1. The zero-order chi connectivity index (χ0) is 17.5. The molecule has 0 aliphatic carbocycles. The number of benzene rings is 2. The third-order valence-electron chi connectivity index (χ3n) is 3.23. The third kappa shape index (κ3) is 4.59. The van der Waals surface area contributed by atoms with E-state index in [0.717, 1.165) is 15.6 Å². The Bertz CT molecular complexity index is 738. The van der Waals surface area contributed by atoms with Crippen molar-refractivity contribution in [1.29, 1.82) is 0 Å². The predicted molar refractivity (Wildman–Crippen MR) is 95.5 cm³/mol. The van der Waals surface area contributed by atoms with Crippen LogP contribution < -0.4 is 9.47 Å². The summed E-state index contributed by atoms with van der Waals surface area (Å²) in [5.74, 6) is 0.333. The molecule has 0 aliphatic rings. The van der Waals surface area contributed by atoms with Gasteiger partial charge in [0.05, 0.1) is 17.1 Å². The van der Waals surface area contributed by atoms with Crippen LogP contribution in [-0.2, 0) is 4.74 Å². The van der Waals surface area contributed by atoms with E-state index in [1.54, 1.807) is 44.6 Å². The van der Waals surface area contributed by atoms with Gasteiger partial charge in [0.15, 0.2) is 6.79 Å². The second-order valence-electron chi connectivity index (χ2n) is 4.84. The summed E-state index contributed by atoms with van der Waals surface area (Å²) in [5.41, 5.74) is 1.97. The maximum Gasteiger partial charge on any atom is 0.335 e. The average molecular weight is 393 g/mol. The smallest absolute Gasteiger partial charge is 0.335 e. The maximum absolute atomic E-state index is 10.9. The molecule has 126 valence electrons. The molecule has 0 atom stereocenters. The Balaban J connectivity index is 2.29. The number of aromatic carboxylic acids is 1. The Kier molecular flexibility index (Phi) is 6.40. The van der Waals surface area contributed by atoms with Crippen molar-refractivity contribution in [2.45, 2.75) is 0 Å². The van der Waals surface area contributed by atoms with E-state index >= 15 is 0 Å². The highest BCUT2D eigenvalue weighted by Gasteiger charge is 2.08. The van der Waals surface area contributed by atoms with E-state index in [9.17, 15) is 4.79 Å². The Morgan fingerprint density at radius 1 is 1.12 bits per heavy atom. The van der Waals surface area contributed by atoms with Crippen molar-refractivity contribution in [3.8, 4) is 11.5 Å². The lowest BCUT2D eigenvalue weighted by molar-refractivity contribution is 0.0508. The molecule has 2 aromatic rings. The molecule has 5 nitrogen and oxygen atoms in total. The fourth-order valence-corrected chi connectivity index (χ4v) is 2.53. The van der Waals surface area contributed by atoms with Crippen molar-refractivity contribution in [2.24, 2.45) is 0 Å². The van der Waals surface area contributed by atoms with Crippen molar-refractivity contribution < 1.29 is 24.1 Å². The summed E-state index contributed by atoms with van der Waals surface area (Å²) in [5, 5.41) is 8.92. The van der Waals surface area contributed by atoms with Gasteiger partial charge in [-0.15, -0.1) is 0 Å². The lowest BCUT2D eigenvalue weighted by atomic mass is 10.1. The van der Waals surface area contributed by atoms with E-state index in [4.69, 9.17) is 19.3 Å². The summed E-state index contributed by atoms with van der Waals surface area (Å²) in [4.78, 5) is 10.9. The van der Waals surface area contributed by atoms with Crippen LogP contribution in [0.5, 0.6) is 11.5 Å². The molecule has 0 bridgehead atoms. The van der Waals surface area contributed by atoms with Crippen LogP contribution in [0.3, 0.4) is 0 Å². The molecule has 0 unspecified atom stereocenters. The van der Waals surface area contributed by atoms with Gasteiger partial charge >= 0.3 is 5.97 Å². The van der Waals surface area contributed by atoms with Crippen molar-refractivity contribution in [3.63, 3.8) is 0 Å². The summed E-state index contributed by atoms with van der Waals surface area (Å²) in [6.07, 6.45) is 3.75. The molecular formula is C18H17BrO5. The highest BCUT2D eigenvalue weighted by molar-refractivity contribution is 9.10. The Morgan fingerprint density at radius 2 is 1.83 bits per heavy atom. The molecule has 24 heavy (non-hydrogen) atoms. The van der Waals surface area contributed by atoms with Gasteiger partial charge in [-0.05, 0) is 39.7 Å². The molecule has 0 radical (unpaired) electrons. The highest BCUT2D eigenvalue weighted by atomic mass is 79.9. The van der Waals surface area contributed by atoms with Gasteiger partial charge in [0.1, 0.15) is 11.5 Å². The molecule has 2 rings (SSSR count). The summed E-state index contributed by atoms with van der Waals surface area (Å²) >= 11 is 3.45. The van der Waals surface area contributed by atoms with Crippen LogP contribution in [0.1, 0.15) is 21.5 Å². The number of carboxylic acids is 1. The Labute approximate surface area is 148 Å². The van der Waals surface area contributed by atoms with Gasteiger partial charge < -0.3 is 19.3 Å². The normalized spacial score (nSPS) is 10.8. The van der Waals surface area contributed by atoms with E-state index in [1.807, 2.05) is 18.2 Å². The van der Waals surface area contributed by atoms with E-state index in [2.05, 4.69) is 15.9 Å². The molecule has 0 heterocycles. The predicted octanol–water partition coefficient (Wildman–Crippen LogP) is 4.31. The number of halogens is 1. The molecule has 0 aromatic heterocycles. The number of carboxylic acid groups (broad SMARTS) is 1. The molecular weight excluding hydrogens is 376 g/mol. The number of rotatable bonds is 7. The van der Waals surface area contributed by atoms with Gasteiger partial charge in [0.25, 0.3) is 0 Å². The standard InChI is InChI=1S/C18H17BrO5/c1-22-11-24-16-10-17(23-2)15(19)9-14(16)8-5-12-3-6-13(7-4-12)18(20)21/h3-10H,11H2,1-2H3,(H,20,21). The summed E-state index contributed by atoms with van der Waals surface area (Å²) in [6.45, 7) is 0.124. The number of hydrogen-bond acceptors (Lipinski definition) is 4. The number of carbonyl (C=O) groups is 1. The zero-order valence-corrected chi connectivity index (χ0v) is 14.9. The van der Waals surface area contributed by atoms with Gasteiger partial charge in [-0.2, -0.15) is 0 Å². The van der Waals surface area contributed by atoms with Crippen molar-refractivity contribution in [3.05, 3.63) is 57.6 Å². The van der Waals surface area contributed by atoms with Gasteiger partial charge in [-0.25, -0.2) is 4.79 Å². The monoisotopic (exact) mass is 392 g/mol. The van der Waals surface area contributed by atoms with Crippen LogP contribution in [0, 0.1) is 0 Å². The van der Waals surface area contributed by atoms with Gasteiger partial charge in [0, 0.05) is 18.7 Å². The third-order valence-corrected chi connectivity index (χ3v) is 3.85. The Morgan fingerprint density at radius 3 is 2.42 bits per heavy atom. The minimum atomic E-state index is -0.945. The van der Waals surface area contributed by atoms with Gasteiger partial charge in [0.2, 0.25) is 0 Å². The molecule has 0 aliphatic heterocycles. The topological polar surface area (TPSA) is 65.0 Å². The fraction of sp³-hybridized carbons (Fsp3) is 0.167. The molecule has 0 amide bonds. The van der Waals surface area contributed by atoms with Crippen molar-refractivity contribution in [1.82, 2.24) is 0 Å². The molecule has 2 aromatic carbocycles. The van der Waals surface area contributed by atoms with Crippen LogP contribution in [0.25, 0.3) is 12.2 Å². The number of methoxy groups -OCH3 is 2. The lowest BCUT2D eigenvalue weighted by Gasteiger charge is -2.12. The van der Waals surface area contributed by atoms with Crippen molar-refractivity contribution in [2.75, 3.05) is 21.0 Å². The maximum atomic E-state index is 10.9. The molecule has 0 spiro atoms. The average Bonchev–Trinajstić information content (AvgIpc) is 2.59. The summed E-state index contributed by atoms with van der Waals surface area (Å²) in [7, 11) is 3.13. The molecule has 0 saturated heterocycles. The second kappa shape index (κ2) is 8.52. The second-order valence-corrected chi connectivity index (χ2v) is 5.69. The molecule has 1 N–H and O–H groups in total. The van der Waals surface area contributed by atoms with Crippen LogP contribution in [0.15, 0.2) is 40.9 Å². The minimum Gasteiger partial charge on any atom is -0.495 e. The number of ether oxygens (including phenoxy) is 3. The first kappa shape index (κ1) is 18.0. The highest BCUT2D eigenvalue weighted by Crippen LogP contribution is 2.34. The zero-order valence-electron chi connectivity index (χ0n) is 13.3. The van der Waals surface area contributed by atoms with E-state index in [0.29, 0.717) is 11.5 Å². The van der Waals surface area contributed by atoms with Crippen LogP contribution >= 0.6 is 15.9 Å². The van der Waals surface area contributed by atoms with E-state index in [1.165, 1.54) is 0 Å². The van der Waals surface area contributed by atoms with Crippen LogP contribution in [0.2, 0.25) is 0 Å². The first-order chi connectivity index (χ1) is 11.5. The van der Waals surface area contributed by atoms with Crippen LogP contribution in [-0.4, -0.2) is 32.1 Å². The van der Waals surface area contributed by atoms with Crippen LogP contribution in [0.4, 0.5) is 0 Å².